The van der Waals surface area contributed by atoms with Crippen LogP contribution < -0.4 is 5.32 Å². The van der Waals surface area contributed by atoms with Gasteiger partial charge in [0.1, 0.15) is 0 Å². The van der Waals surface area contributed by atoms with Crippen molar-refractivity contribution in [2.75, 3.05) is 0 Å². The number of carboxylic acid groups (broad SMARTS) is 1. The van der Waals surface area contributed by atoms with Gasteiger partial charge in [-0.05, 0) is 40.5 Å². The molecule has 0 saturated heterocycles. The number of hydrogen-bond donors (Lipinski definition) is 2. The number of carbonyl (C=O) groups excluding carboxylic acids is 1. The van der Waals surface area contributed by atoms with E-state index < -0.39 is 17.9 Å². The molecule has 0 aliphatic rings. The predicted octanol–water partition coefficient (Wildman–Crippen LogP) is 3.63. The Bertz CT molecular complexity index is 656. The van der Waals surface area contributed by atoms with Crippen LogP contribution in [0.3, 0.4) is 0 Å². The lowest BCUT2D eigenvalue weighted by molar-refractivity contribution is -0.142. The summed E-state index contributed by atoms with van der Waals surface area (Å²) in [6.07, 6.45) is 0.242. The van der Waals surface area contributed by atoms with E-state index in [1.54, 1.807) is 6.92 Å². The molecule has 2 rings (SSSR count). The number of halogens is 1. The monoisotopic (exact) mass is 381 g/mol. The highest BCUT2D eigenvalue weighted by Crippen LogP contribution is 2.24. The van der Waals surface area contributed by atoms with Gasteiger partial charge in [0.15, 0.2) is 0 Å². The van der Waals surface area contributed by atoms with Crippen molar-refractivity contribution in [1.29, 1.82) is 0 Å². The van der Waals surface area contributed by atoms with Crippen molar-refractivity contribution >= 4 is 39.1 Å². The molecule has 0 fully saturated rings. The number of carbonyl (C=O) groups is 2. The van der Waals surface area contributed by atoms with Crippen molar-refractivity contribution < 1.29 is 14.7 Å². The summed E-state index contributed by atoms with van der Waals surface area (Å²) in [5.74, 6) is -1.83. The van der Waals surface area contributed by atoms with Crippen LogP contribution in [0.4, 0.5) is 0 Å². The van der Waals surface area contributed by atoms with Crippen molar-refractivity contribution in [3.63, 3.8) is 0 Å². The van der Waals surface area contributed by atoms with Gasteiger partial charge in [-0.25, -0.2) is 0 Å². The Morgan fingerprint density at radius 3 is 2.45 bits per heavy atom. The van der Waals surface area contributed by atoms with E-state index in [9.17, 15) is 14.7 Å². The van der Waals surface area contributed by atoms with Gasteiger partial charge in [0, 0.05) is 4.88 Å². The van der Waals surface area contributed by atoms with Gasteiger partial charge in [-0.3, -0.25) is 9.59 Å². The molecule has 1 heterocycles. The van der Waals surface area contributed by atoms with Gasteiger partial charge in [0.2, 0.25) is 5.91 Å². The summed E-state index contributed by atoms with van der Waals surface area (Å²) in [5, 5.41) is 12.1. The fraction of sp³-hybridized carbons (Fsp3) is 0.250. The lowest BCUT2D eigenvalue weighted by atomic mass is 9.94. The molecule has 1 aromatic carbocycles. The van der Waals surface area contributed by atoms with Gasteiger partial charge in [-0.2, -0.15) is 0 Å². The molecule has 1 amide bonds. The average Bonchev–Trinajstić information content (AvgIpc) is 2.90. The quantitative estimate of drug-likeness (QED) is 0.802. The van der Waals surface area contributed by atoms with Gasteiger partial charge in [-0.15, -0.1) is 11.3 Å². The zero-order valence-corrected chi connectivity index (χ0v) is 14.4. The molecule has 2 aromatic rings. The largest absolute Gasteiger partial charge is 0.481 e. The first-order valence-electron chi connectivity index (χ1n) is 6.78. The Labute approximate surface area is 141 Å². The van der Waals surface area contributed by atoms with Crippen LogP contribution in [0.15, 0.2) is 46.3 Å². The second-order valence-electron chi connectivity index (χ2n) is 4.97. The summed E-state index contributed by atoms with van der Waals surface area (Å²) < 4.78 is 0.966. The smallest absolute Gasteiger partial charge is 0.308 e. The molecule has 2 atom stereocenters. The Morgan fingerprint density at radius 2 is 1.91 bits per heavy atom. The lowest BCUT2D eigenvalue weighted by Gasteiger charge is -2.22. The van der Waals surface area contributed by atoms with Gasteiger partial charge >= 0.3 is 5.97 Å². The summed E-state index contributed by atoms with van der Waals surface area (Å²) in [5.41, 5.74) is 0.790. The molecule has 0 aliphatic heterocycles. The molecular weight excluding hydrogens is 366 g/mol. The van der Waals surface area contributed by atoms with Crippen LogP contribution in [0.5, 0.6) is 0 Å². The first kappa shape index (κ1) is 16.7. The van der Waals surface area contributed by atoms with E-state index in [0.717, 1.165) is 14.2 Å². The number of hydrogen-bond acceptors (Lipinski definition) is 3. The van der Waals surface area contributed by atoms with Crippen molar-refractivity contribution in [1.82, 2.24) is 5.32 Å². The maximum Gasteiger partial charge on any atom is 0.308 e. The Kier molecular flexibility index (Phi) is 5.74. The van der Waals surface area contributed by atoms with E-state index in [-0.39, 0.29) is 12.3 Å². The van der Waals surface area contributed by atoms with E-state index in [4.69, 9.17) is 0 Å². The van der Waals surface area contributed by atoms with Crippen molar-refractivity contribution in [2.24, 2.45) is 5.92 Å². The Morgan fingerprint density at radius 1 is 1.23 bits per heavy atom. The van der Waals surface area contributed by atoms with Gasteiger partial charge in [-0.1, -0.05) is 30.3 Å². The van der Waals surface area contributed by atoms with Gasteiger partial charge < -0.3 is 10.4 Å². The van der Waals surface area contributed by atoms with Gasteiger partial charge in [0.05, 0.1) is 22.2 Å². The molecule has 2 N–H and O–H groups in total. The van der Waals surface area contributed by atoms with E-state index in [2.05, 4.69) is 21.2 Å². The van der Waals surface area contributed by atoms with Crippen LogP contribution in [-0.2, 0) is 16.0 Å². The third-order valence-corrected chi connectivity index (χ3v) is 4.95. The molecule has 1 aromatic heterocycles. The molecular formula is C16H16BrNO3S. The zero-order chi connectivity index (χ0) is 16.1. The maximum atomic E-state index is 12.2. The minimum absolute atomic E-state index is 0.184. The molecule has 116 valence electrons. The number of benzene rings is 1. The molecule has 0 bridgehead atoms. The van der Waals surface area contributed by atoms with Crippen LogP contribution in [0, 0.1) is 5.92 Å². The van der Waals surface area contributed by atoms with E-state index in [1.807, 2.05) is 42.5 Å². The summed E-state index contributed by atoms with van der Waals surface area (Å²) >= 11 is 4.85. The normalized spacial score (nSPS) is 13.4. The van der Waals surface area contributed by atoms with Crippen molar-refractivity contribution in [3.8, 4) is 0 Å². The first-order valence-corrected chi connectivity index (χ1v) is 8.39. The van der Waals surface area contributed by atoms with Crippen LogP contribution in [0.1, 0.15) is 23.4 Å². The number of nitrogens with one attached hydrogen (secondary N) is 1. The summed E-state index contributed by atoms with van der Waals surface area (Å²) in [6.45, 7) is 1.60. The van der Waals surface area contributed by atoms with Crippen LogP contribution in [0.25, 0.3) is 0 Å². The topological polar surface area (TPSA) is 66.4 Å². The SMILES string of the molecule is CC(C(=O)O)C(NC(=O)Cc1ccc(Br)s1)c1ccccc1. The zero-order valence-electron chi connectivity index (χ0n) is 12.0. The molecule has 0 radical (unpaired) electrons. The molecule has 6 heteroatoms. The molecule has 2 unspecified atom stereocenters. The summed E-state index contributed by atoms with van der Waals surface area (Å²) in [4.78, 5) is 24.5. The first-order chi connectivity index (χ1) is 10.5. The van der Waals surface area contributed by atoms with Crippen LogP contribution >= 0.6 is 27.3 Å². The predicted molar refractivity (Wildman–Crippen MR) is 89.8 cm³/mol. The van der Waals surface area contributed by atoms with E-state index >= 15 is 0 Å². The van der Waals surface area contributed by atoms with Gasteiger partial charge in [0.25, 0.3) is 0 Å². The summed E-state index contributed by atoms with van der Waals surface area (Å²) in [7, 11) is 0. The third kappa shape index (κ3) is 4.42. The van der Waals surface area contributed by atoms with Crippen LogP contribution in [0.2, 0.25) is 0 Å². The average molecular weight is 382 g/mol. The number of amides is 1. The number of carboxylic acids is 1. The number of rotatable bonds is 6. The second kappa shape index (κ2) is 7.56. The fourth-order valence-corrected chi connectivity index (χ4v) is 3.61. The Balaban J connectivity index is 2.12. The number of aliphatic carboxylic acids is 1. The molecule has 22 heavy (non-hydrogen) atoms. The molecule has 0 spiro atoms. The standard InChI is InChI=1S/C16H16BrNO3S/c1-10(16(20)21)15(11-5-3-2-4-6-11)18-14(19)9-12-7-8-13(17)22-12/h2-8,10,15H,9H2,1H3,(H,18,19)(H,20,21). The maximum absolute atomic E-state index is 12.2. The summed E-state index contributed by atoms with van der Waals surface area (Å²) in [6, 6.07) is 12.4. The van der Waals surface area contributed by atoms with Crippen molar-refractivity contribution in [2.45, 2.75) is 19.4 Å². The highest BCUT2D eigenvalue weighted by Gasteiger charge is 2.26. The number of thiophene rings is 1. The van der Waals surface area contributed by atoms with Crippen LogP contribution in [-0.4, -0.2) is 17.0 Å². The third-order valence-electron chi connectivity index (χ3n) is 3.33. The molecule has 0 saturated carbocycles. The molecule has 4 nitrogen and oxygen atoms in total. The minimum atomic E-state index is -0.937. The highest BCUT2D eigenvalue weighted by molar-refractivity contribution is 9.11. The molecule has 0 aliphatic carbocycles. The minimum Gasteiger partial charge on any atom is -0.481 e. The lowest BCUT2D eigenvalue weighted by Crippen LogP contribution is -2.36. The van der Waals surface area contributed by atoms with E-state index in [0.29, 0.717) is 0 Å². The van der Waals surface area contributed by atoms with Crippen molar-refractivity contribution in [3.05, 3.63) is 56.7 Å². The Hall–Kier alpha value is -1.66. The second-order valence-corrected chi connectivity index (χ2v) is 7.51. The highest BCUT2D eigenvalue weighted by atomic mass is 79.9. The fourth-order valence-electron chi connectivity index (χ4n) is 2.13. The van der Waals surface area contributed by atoms with E-state index in [1.165, 1.54) is 11.3 Å².